The van der Waals surface area contributed by atoms with Gasteiger partial charge in [-0.3, -0.25) is 0 Å². The molecule has 0 spiro atoms. The highest BCUT2D eigenvalue weighted by Crippen LogP contribution is 2.28. The van der Waals surface area contributed by atoms with Crippen molar-refractivity contribution < 1.29 is 4.39 Å². The molecule has 0 aliphatic carbocycles. The molecule has 1 heterocycles. The van der Waals surface area contributed by atoms with E-state index in [4.69, 9.17) is 5.73 Å². The van der Waals surface area contributed by atoms with Gasteiger partial charge in [-0.1, -0.05) is 6.07 Å². The molecule has 0 radical (unpaired) electrons. The number of benzene rings is 1. The van der Waals surface area contributed by atoms with Crippen molar-refractivity contribution in [2.75, 3.05) is 13.1 Å². The molecule has 0 saturated carbocycles. The zero-order chi connectivity index (χ0) is 10.3. The molecule has 0 aromatic heterocycles. The lowest BCUT2D eigenvalue weighted by molar-refractivity contribution is 0.285. The number of hydrogen-bond acceptors (Lipinski definition) is 2. The number of hydrogen-bond donors (Lipinski definition) is 2. The topological polar surface area (TPSA) is 38.0 Å². The summed E-state index contributed by atoms with van der Waals surface area (Å²) in [6.07, 6.45) is 0. The van der Waals surface area contributed by atoms with Gasteiger partial charge in [0.1, 0.15) is 5.82 Å². The third-order valence-corrected chi connectivity index (χ3v) is 3.14. The molecular weight excluding hydrogens is 179 g/mol. The summed E-state index contributed by atoms with van der Waals surface area (Å²) in [5.74, 6) is -0.151. The minimum atomic E-state index is -0.289. The summed E-state index contributed by atoms with van der Waals surface area (Å²) in [4.78, 5) is 0. The molecule has 0 amide bonds. The second-order valence-corrected chi connectivity index (χ2v) is 4.10. The first kappa shape index (κ1) is 9.62. The molecule has 0 unspecified atom stereocenters. The summed E-state index contributed by atoms with van der Waals surface area (Å²) < 4.78 is 13.2. The van der Waals surface area contributed by atoms with Gasteiger partial charge in [0.2, 0.25) is 0 Å². The zero-order valence-corrected chi connectivity index (χ0v) is 8.52. The Labute approximate surface area is 83.3 Å². The molecule has 2 nitrogen and oxygen atoms in total. The summed E-state index contributed by atoms with van der Waals surface area (Å²) in [6.45, 7) is 5.28. The highest BCUT2D eigenvalue weighted by Gasteiger charge is 2.35. The summed E-state index contributed by atoms with van der Waals surface area (Å²) in [5, 5.41) is 3.14. The van der Waals surface area contributed by atoms with Gasteiger partial charge in [0.25, 0.3) is 0 Å². The fraction of sp³-hybridized carbons (Fsp3) is 0.455. The lowest BCUT2D eigenvalue weighted by Crippen LogP contribution is -2.63. The van der Waals surface area contributed by atoms with E-state index in [1.807, 2.05) is 6.92 Å². The van der Waals surface area contributed by atoms with Crippen LogP contribution >= 0.6 is 0 Å². The van der Waals surface area contributed by atoms with Crippen LogP contribution in [0.25, 0.3) is 0 Å². The van der Waals surface area contributed by atoms with Crippen molar-refractivity contribution in [2.24, 2.45) is 5.73 Å². The molecule has 3 heteroatoms. The first-order valence-corrected chi connectivity index (χ1v) is 4.80. The normalized spacial score (nSPS) is 19.1. The Morgan fingerprint density at radius 3 is 2.43 bits per heavy atom. The van der Waals surface area contributed by atoms with Crippen LogP contribution in [0.15, 0.2) is 12.1 Å². The molecule has 0 bridgehead atoms. The van der Waals surface area contributed by atoms with Crippen LogP contribution in [0.4, 0.5) is 4.39 Å². The van der Waals surface area contributed by atoms with Crippen LogP contribution < -0.4 is 11.1 Å². The maximum absolute atomic E-state index is 13.2. The molecule has 1 aliphatic heterocycles. The first-order valence-electron chi connectivity index (χ1n) is 4.80. The van der Waals surface area contributed by atoms with Crippen molar-refractivity contribution >= 4 is 0 Å². The Hall–Kier alpha value is -0.930. The van der Waals surface area contributed by atoms with Crippen LogP contribution in [0, 0.1) is 19.7 Å². The van der Waals surface area contributed by atoms with Gasteiger partial charge >= 0.3 is 0 Å². The molecule has 1 aliphatic rings. The van der Waals surface area contributed by atoms with E-state index in [2.05, 4.69) is 5.32 Å². The van der Waals surface area contributed by atoms with Gasteiger partial charge in [-0.15, -0.1) is 0 Å². The van der Waals surface area contributed by atoms with E-state index in [9.17, 15) is 4.39 Å². The lowest BCUT2D eigenvalue weighted by Gasteiger charge is -2.40. The Balaban J connectivity index is 2.49. The Kier molecular flexibility index (Phi) is 2.09. The van der Waals surface area contributed by atoms with E-state index in [0.717, 1.165) is 24.2 Å². The van der Waals surface area contributed by atoms with Gasteiger partial charge in [0, 0.05) is 13.1 Å². The van der Waals surface area contributed by atoms with E-state index in [0.29, 0.717) is 5.56 Å². The molecule has 14 heavy (non-hydrogen) atoms. The maximum atomic E-state index is 13.2. The average Bonchev–Trinajstić information content (AvgIpc) is 2.11. The Bertz CT molecular complexity index is 370. The van der Waals surface area contributed by atoms with E-state index in [1.54, 1.807) is 13.0 Å². The molecule has 2 rings (SSSR count). The van der Waals surface area contributed by atoms with Gasteiger partial charge in [-0.2, -0.15) is 0 Å². The molecule has 76 valence electrons. The van der Waals surface area contributed by atoms with Gasteiger partial charge in [-0.25, -0.2) is 4.39 Å². The molecule has 3 N–H and O–H groups in total. The summed E-state index contributed by atoms with van der Waals surface area (Å²) in [5.41, 5.74) is 8.62. The van der Waals surface area contributed by atoms with E-state index in [1.165, 1.54) is 6.07 Å². The highest BCUT2D eigenvalue weighted by atomic mass is 19.1. The fourth-order valence-electron chi connectivity index (χ4n) is 1.91. The minimum Gasteiger partial charge on any atom is -0.319 e. The zero-order valence-electron chi connectivity index (χ0n) is 8.52. The summed E-state index contributed by atoms with van der Waals surface area (Å²) in [7, 11) is 0. The largest absolute Gasteiger partial charge is 0.319 e. The van der Waals surface area contributed by atoms with Crippen LogP contribution in [0.1, 0.15) is 16.7 Å². The molecule has 1 aromatic carbocycles. The Morgan fingerprint density at radius 1 is 1.29 bits per heavy atom. The van der Waals surface area contributed by atoms with E-state index in [-0.39, 0.29) is 11.4 Å². The second kappa shape index (κ2) is 3.04. The van der Waals surface area contributed by atoms with Gasteiger partial charge in [0.05, 0.1) is 5.54 Å². The monoisotopic (exact) mass is 194 g/mol. The average molecular weight is 194 g/mol. The number of nitrogens with one attached hydrogen (secondary N) is 1. The van der Waals surface area contributed by atoms with Crippen LogP contribution in [0.3, 0.4) is 0 Å². The predicted molar refractivity (Wildman–Crippen MR) is 54.6 cm³/mol. The van der Waals surface area contributed by atoms with Crippen molar-refractivity contribution in [3.63, 3.8) is 0 Å². The van der Waals surface area contributed by atoms with Gasteiger partial charge < -0.3 is 11.1 Å². The SMILES string of the molecule is Cc1c(F)ccc(C2(N)CNC2)c1C. The molecule has 1 saturated heterocycles. The third-order valence-electron chi connectivity index (χ3n) is 3.14. The lowest BCUT2D eigenvalue weighted by atomic mass is 9.81. The van der Waals surface area contributed by atoms with Crippen LogP contribution in [-0.4, -0.2) is 13.1 Å². The highest BCUT2D eigenvalue weighted by molar-refractivity contribution is 5.40. The quantitative estimate of drug-likeness (QED) is 0.705. The van der Waals surface area contributed by atoms with Crippen LogP contribution in [0.5, 0.6) is 0 Å². The van der Waals surface area contributed by atoms with Crippen molar-refractivity contribution in [1.29, 1.82) is 0 Å². The second-order valence-electron chi connectivity index (χ2n) is 4.10. The maximum Gasteiger partial charge on any atom is 0.126 e. The van der Waals surface area contributed by atoms with Crippen molar-refractivity contribution in [3.05, 3.63) is 34.6 Å². The van der Waals surface area contributed by atoms with E-state index >= 15 is 0 Å². The van der Waals surface area contributed by atoms with Crippen LogP contribution in [-0.2, 0) is 5.54 Å². The Morgan fingerprint density at radius 2 is 1.93 bits per heavy atom. The number of rotatable bonds is 1. The van der Waals surface area contributed by atoms with E-state index < -0.39 is 0 Å². The number of halogens is 1. The number of nitrogens with two attached hydrogens (primary N) is 1. The van der Waals surface area contributed by atoms with Crippen molar-refractivity contribution in [1.82, 2.24) is 5.32 Å². The van der Waals surface area contributed by atoms with Crippen molar-refractivity contribution in [2.45, 2.75) is 19.4 Å². The van der Waals surface area contributed by atoms with Gasteiger partial charge in [-0.05, 0) is 36.6 Å². The van der Waals surface area contributed by atoms with Crippen LogP contribution in [0.2, 0.25) is 0 Å². The summed E-state index contributed by atoms with van der Waals surface area (Å²) >= 11 is 0. The summed E-state index contributed by atoms with van der Waals surface area (Å²) in [6, 6.07) is 3.31. The fourth-order valence-corrected chi connectivity index (χ4v) is 1.91. The molecule has 1 fully saturated rings. The molecule has 0 atom stereocenters. The molecule has 1 aromatic rings. The smallest absolute Gasteiger partial charge is 0.126 e. The standard InChI is InChI=1S/C11H15FN2/c1-7-8(2)10(12)4-3-9(7)11(13)5-14-6-11/h3-4,14H,5-6,13H2,1-2H3. The van der Waals surface area contributed by atoms with Gasteiger partial charge in [0.15, 0.2) is 0 Å². The molecular formula is C11H15FN2. The minimum absolute atomic E-state index is 0.151. The van der Waals surface area contributed by atoms with Crippen molar-refractivity contribution in [3.8, 4) is 0 Å². The predicted octanol–water partition coefficient (Wildman–Crippen LogP) is 1.20. The first-order chi connectivity index (χ1) is 6.54. The third kappa shape index (κ3) is 1.24.